The van der Waals surface area contributed by atoms with Crippen LogP contribution in [0.3, 0.4) is 0 Å². The van der Waals surface area contributed by atoms with Crippen LogP contribution in [0.25, 0.3) is 21.3 Å². The summed E-state index contributed by atoms with van der Waals surface area (Å²) >= 11 is 1.49. The van der Waals surface area contributed by atoms with Gasteiger partial charge in [0.1, 0.15) is 10.7 Å². The summed E-state index contributed by atoms with van der Waals surface area (Å²) in [7, 11) is 0. The van der Waals surface area contributed by atoms with E-state index in [4.69, 9.17) is 9.72 Å². The van der Waals surface area contributed by atoms with Gasteiger partial charge in [0.25, 0.3) is 5.56 Å². The number of aliphatic hydroxyl groups excluding tert-OH is 1. The molecule has 0 fully saturated rings. The number of nitrogens with one attached hydrogen (secondary N) is 1. The molecule has 2 heterocycles. The molecule has 0 radical (unpaired) electrons. The molecule has 6 nitrogen and oxygen atoms in total. The number of H-pyrrole nitrogens is 1. The number of fused-ring (bicyclic) bond motifs is 1. The van der Waals surface area contributed by atoms with Crippen LogP contribution in [-0.2, 0) is 11.3 Å². The van der Waals surface area contributed by atoms with E-state index in [-0.39, 0.29) is 11.6 Å². The maximum Gasteiger partial charge on any atom is 0.260 e. The Kier molecular flexibility index (Phi) is 8.00. The maximum atomic E-state index is 13.0. The number of hydrogen-bond donors (Lipinski definition) is 2. The quantitative estimate of drug-likeness (QED) is 0.491. The molecule has 3 aromatic rings. The Morgan fingerprint density at radius 1 is 1.16 bits per heavy atom. The van der Waals surface area contributed by atoms with Crippen molar-refractivity contribution in [2.24, 2.45) is 5.92 Å². The summed E-state index contributed by atoms with van der Waals surface area (Å²) in [5, 5.41) is 13.0. The van der Waals surface area contributed by atoms with Crippen LogP contribution in [0.5, 0.6) is 0 Å². The lowest BCUT2D eigenvalue weighted by atomic mass is 10.0. The standard InChI is InChI=1S/C24H33N3O3S/c1-15(2)12-30-13-18(28)10-27(16(3)4)11-21-25-23(29)22-20(14-31-24(22)26-21)19-9-7-6-8-17(19)5/h6-9,14-16,18,28H,10-13H2,1-5H3,(H,25,26,29)/t18-/m1/s1. The molecule has 0 aliphatic carbocycles. The highest BCUT2D eigenvalue weighted by atomic mass is 32.1. The molecule has 168 valence electrons. The van der Waals surface area contributed by atoms with E-state index in [0.717, 1.165) is 21.5 Å². The normalized spacial score (nSPS) is 13.1. The molecule has 31 heavy (non-hydrogen) atoms. The molecule has 7 heteroatoms. The monoisotopic (exact) mass is 443 g/mol. The number of aromatic amines is 1. The zero-order valence-electron chi connectivity index (χ0n) is 19.0. The number of aromatic nitrogens is 2. The van der Waals surface area contributed by atoms with Crippen molar-refractivity contribution in [3.63, 3.8) is 0 Å². The van der Waals surface area contributed by atoms with Gasteiger partial charge in [0.05, 0.1) is 24.6 Å². The van der Waals surface area contributed by atoms with Gasteiger partial charge >= 0.3 is 0 Å². The smallest absolute Gasteiger partial charge is 0.260 e. The fourth-order valence-electron chi connectivity index (χ4n) is 3.56. The third kappa shape index (κ3) is 6.01. The second-order valence-corrected chi connectivity index (χ2v) is 9.62. The molecule has 0 unspecified atom stereocenters. The Labute approximate surface area is 187 Å². The first-order chi connectivity index (χ1) is 14.8. The summed E-state index contributed by atoms with van der Waals surface area (Å²) in [5.41, 5.74) is 2.99. The van der Waals surface area contributed by atoms with Crippen molar-refractivity contribution in [2.75, 3.05) is 19.8 Å². The molecule has 0 amide bonds. The number of nitrogens with zero attached hydrogens (tertiary/aromatic N) is 2. The van der Waals surface area contributed by atoms with Gasteiger partial charge in [0.2, 0.25) is 0 Å². The second kappa shape index (κ2) is 10.5. The first-order valence-corrected chi connectivity index (χ1v) is 11.7. The SMILES string of the molecule is Cc1ccccc1-c1csc2nc(CN(C[C@@H](O)COCC(C)C)C(C)C)[nH]c(=O)c12. The van der Waals surface area contributed by atoms with Crippen LogP contribution in [0.4, 0.5) is 0 Å². The van der Waals surface area contributed by atoms with Gasteiger partial charge in [-0.15, -0.1) is 11.3 Å². The fourth-order valence-corrected chi connectivity index (χ4v) is 4.51. The van der Waals surface area contributed by atoms with Crippen LogP contribution in [0.15, 0.2) is 34.4 Å². The molecule has 0 aliphatic rings. The van der Waals surface area contributed by atoms with Crippen molar-refractivity contribution in [2.45, 2.75) is 53.3 Å². The minimum Gasteiger partial charge on any atom is -0.389 e. The Balaban J connectivity index is 1.79. The molecule has 0 spiro atoms. The predicted molar refractivity (Wildman–Crippen MR) is 128 cm³/mol. The zero-order valence-corrected chi connectivity index (χ0v) is 19.8. The zero-order chi connectivity index (χ0) is 22.5. The lowest BCUT2D eigenvalue weighted by Gasteiger charge is -2.28. The van der Waals surface area contributed by atoms with Crippen molar-refractivity contribution >= 4 is 21.6 Å². The minimum absolute atomic E-state index is 0.121. The van der Waals surface area contributed by atoms with Gasteiger partial charge in [0.15, 0.2) is 0 Å². The highest BCUT2D eigenvalue weighted by Gasteiger charge is 2.19. The number of hydrogen-bond acceptors (Lipinski definition) is 6. The molecular formula is C24H33N3O3S. The lowest BCUT2D eigenvalue weighted by molar-refractivity contribution is 0.00129. The van der Waals surface area contributed by atoms with E-state index in [9.17, 15) is 9.90 Å². The van der Waals surface area contributed by atoms with Crippen LogP contribution in [0.1, 0.15) is 39.1 Å². The van der Waals surface area contributed by atoms with Crippen molar-refractivity contribution in [1.82, 2.24) is 14.9 Å². The number of aliphatic hydroxyl groups is 1. The molecular weight excluding hydrogens is 410 g/mol. The van der Waals surface area contributed by atoms with E-state index in [1.807, 2.05) is 36.6 Å². The molecule has 0 saturated carbocycles. The first-order valence-electron chi connectivity index (χ1n) is 10.8. The highest BCUT2D eigenvalue weighted by Crippen LogP contribution is 2.32. The number of thiophene rings is 1. The average Bonchev–Trinajstić information content (AvgIpc) is 3.11. The molecule has 0 aliphatic heterocycles. The summed E-state index contributed by atoms with van der Waals surface area (Å²) < 4.78 is 5.57. The van der Waals surface area contributed by atoms with Crippen LogP contribution in [0.2, 0.25) is 0 Å². The van der Waals surface area contributed by atoms with Crippen LogP contribution in [-0.4, -0.2) is 51.9 Å². The predicted octanol–water partition coefficient (Wildman–Crippen LogP) is 4.20. The minimum atomic E-state index is -0.592. The molecule has 1 atom stereocenters. The van der Waals surface area contributed by atoms with E-state index in [0.29, 0.717) is 43.4 Å². The van der Waals surface area contributed by atoms with E-state index in [2.05, 4.69) is 37.6 Å². The van der Waals surface area contributed by atoms with Crippen LogP contribution in [0, 0.1) is 12.8 Å². The summed E-state index contributed by atoms with van der Waals surface area (Å²) in [5.74, 6) is 1.05. The summed E-state index contributed by atoms with van der Waals surface area (Å²) in [6.07, 6.45) is -0.592. The number of benzene rings is 1. The third-order valence-corrected chi connectivity index (χ3v) is 6.09. The summed E-state index contributed by atoms with van der Waals surface area (Å²) in [4.78, 5) is 23.5. The molecule has 3 rings (SSSR count). The largest absolute Gasteiger partial charge is 0.389 e. The van der Waals surface area contributed by atoms with E-state index in [1.165, 1.54) is 11.3 Å². The van der Waals surface area contributed by atoms with Crippen molar-refractivity contribution in [3.05, 3.63) is 51.4 Å². The van der Waals surface area contributed by atoms with E-state index in [1.54, 1.807) is 0 Å². The Hall–Kier alpha value is -2.06. The van der Waals surface area contributed by atoms with Crippen molar-refractivity contribution in [3.8, 4) is 11.1 Å². The number of rotatable bonds is 10. The maximum absolute atomic E-state index is 13.0. The second-order valence-electron chi connectivity index (χ2n) is 8.77. The molecule has 2 N–H and O–H groups in total. The average molecular weight is 444 g/mol. The summed E-state index contributed by atoms with van der Waals surface area (Å²) in [6.45, 7) is 12.2. The van der Waals surface area contributed by atoms with Gasteiger partial charge in [-0.3, -0.25) is 9.69 Å². The van der Waals surface area contributed by atoms with Gasteiger partial charge in [-0.1, -0.05) is 38.1 Å². The van der Waals surface area contributed by atoms with Crippen LogP contribution < -0.4 is 5.56 Å². The Morgan fingerprint density at radius 2 is 1.90 bits per heavy atom. The Morgan fingerprint density at radius 3 is 2.58 bits per heavy atom. The fraction of sp³-hybridized carbons (Fsp3) is 0.500. The third-order valence-electron chi connectivity index (χ3n) is 5.22. The van der Waals surface area contributed by atoms with Gasteiger partial charge < -0.3 is 14.8 Å². The van der Waals surface area contributed by atoms with Crippen molar-refractivity contribution < 1.29 is 9.84 Å². The number of ether oxygens (including phenoxy) is 1. The van der Waals surface area contributed by atoms with Gasteiger partial charge in [-0.25, -0.2) is 4.98 Å². The summed E-state index contributed by atoms with van der Waals surface area (Å²) in [6, 6.07) is 8.25. The van der Waals surface area contributed by atoms with Gasteiger partial charge in [-0.05, 0) is 37.8 Å². The molecule has 0 bridgehead atoms. The highest BCUT2D eigenvalue weighted by molar-refractivity contribution is 7.17. The van der Waals surface area contributed by atoms with Crippen molar-refractivity contribution in [1.29, 1.82) is 0 Å². The number of aryl methyl sites for hydroxylation is 1. The van der Waals surface area contributed by atoms with E-state index < -0.39 is 6.10 Å². The first kappa shape index (κ1) is 23.6. The Bertz CT molecular complexity index is 1060. The molecule has 1 aromatic carbocycles. The van der Waals surface area contributed by atoms with Gasteiger partial charge in [-0.2, -0.15) is 0 Å². The van der Waals surface area contributed by atoms with E-state index >= 15 is 0 Å². The topological polar surface area (TPSA) is 78.5 Å². The lowest BCUT2D eigenvalue weighted by Crippen LogP contribution is -2.39. The van der Waals surface area contributed by atoms with Crippen LogP contribution >= 0.6 is 11.3 Å². The molecule has 2 aromatic heterocycles. The van der Waals surface area contributed by atoms with Gasteiger partial charge in [0, 0.05) is 30.1 Å². The molecule has 0 saturated heterocycles.